The Bertz CT molecular complexity index is 368. The highest BCUT2D eigenvalue weighted by Crippen LogP contribution is 2.12. The number of hydrogen-bond donors (Lipinski definition) is 0. The van der Waals surface area contributed by atoms with Gasteiger partial charge in [-0.05, 0) is 45.1 Å². The van der Waals surface area contributed by atoms with Crippen molar-refractivity contribution in [3.05, 3.63) is 24.3 Å². The minimum absolute atomic E-state index is 0.789. The normalized spacial score (nSPS) is 9.92. The van der Waals surface area contributed by atoms with Gasteiger partial charge in [0.15, 0.2) is 0 Å². The maximum absolute atomic E-state index is 5.01. The Labute approximate surface area is 74.1 Å². The molecular weight excluding hydrogens is 172 g/mol. The van der Waals surface area contributed by atoms with Gasteiger partial charge in [-0.15, -0.1) is 4.80 Å². The fourth-order valence-corrected chi connectivity index (χ4v) is 0.948. The molecule has 0 saturated carbocycles. The van der Waals surface area contributed by atoms with E-state index in [1.807, 2.05) is 24.3 Å². The van der Waals surface area contributed by atoms with Gasteiger partial charge >= 0.3 is 0 Å². The smallest absolute Gasteiger partial charge is 0.119 e. The summed E-state index contributed by atoms with van der Waals surface area (Å²) in [4.78, 5) is 1.33. The van der Waals surface area contributed by atoms with Crippen LogP contribution in [0, 0.1) is 0 Å². The lowest BCUT2D eigenvalue weighted by atomic mass is 10.3. The van der Waals surface area contributed by atoms with E-state index in [2.05, 4.69) is 20.9 Å². The first-order chi connectivity index (χ1) is 6.40. The highest BCUT2D eigenvalue weighted by atomic mass is 16.5. The van der Waals surface area contributed by atoms with Crippen molar-refractivity contribution in [2.45, 2.75) is 0 Å². The van der Waals surface area contributed by atoms with E-state index in [9.17, 15) is 0 Å². The molecule has 0 radical (unpaired) electrons. The van der Waals surface area contributed by atoms with Crippen molar-refractivity contribution < 1.29 is 4.74 Å². The van der Waals surface area contributed by atoms with Crippen molar-refractivity contribution in [2.24, 2.45) is 0 Å². The average Bonchev–Trinajstić information content (AvgIpc) is 2.71. The van der Waals surface area contributed by atoms with E-state index in [0.717, 1.165) is 11.4 Å². The van der Waals surface area contributed by atoms with Gasteiger partial charge in [-0.1, -0.05) is 0 Å². The third-order valence-corrected chi connectivity index (χ3v) is 1.59. The summed E-state index contributed by atoms with van der Waals surface area (Å²) in [5.74, 6) is 0.789. The lowest BCUT2D eigenvalue weighted by molar-refractivity contribution is 0.414. The largest absolute Gasteiger partial charge is 0.497 e. The van der Waals surface area contributed by atoms with Gasteiger partial charge in [-0.2, -0.15) is 0 Å². The molecule has 0 bridgehead atoms. The van der Waals surface area contributed by atoms with Crippen LogP contribution in [-0.2, 0) is 0 Å². The molecule has 2 rings (SSSR count). The second-order valence-corrected chi connectivity index (χ2v) is 2.35. The summed E-state index contributed by atoms with van der Waals surface area (Å²) >= 11 is 0. The Kier molecular flexibility index (Phi) is 1.87. The number of nitrogens with zero attached hydrogens (tertiary/aromatic N) is 5. The van der Waals surface area contributed by atoms with Crippen LogP contribution in [0.5, 0.6) is 5.75 Å². The molecule has 2 aromatic rings. The molecule has 66 valence electrons. The van der Waals surface area contributed by atoms with Crippen LogP contribution in [0.25, 0.3) is 5.69 Å². The molecule has 6 nitrogen and oxygen atoms in total. The van der Waals surface area contributed by atoms with E-state index < -0.39 is 0 Å². The van der Waals surface area contributed by atoms with E-state index in [4.69, 9.17) is 4.74 Å². The van der Waals surface area contributed by atoms with Crippen LogP contribution >= 0.6 is 0 Å². The van der Waals surface area contributed by atoms with Gasteiger partial charge in [0, 0.05) is 0 Å². The minimum Gasteiger partial charge on any atom is -0.497 e. The monoisotopic (exact) mass is 179 g/mol. The first-order valence-corrected chi connectivity index (χ1v) is 3.66. The molecule has 0 N–H and O–H groups in total. The standard InChI is InChI=1S/C7H7N5O/c1-13-7-4-2-6(3-5-7)12-10-8-9-11-12/h2-5H,1H3/i10+1,11+1. The van der Waals surface area contributed by atoms with Gasteiger partial charge in [0.05, 0.1) is 12.8 Å². The van der Waals surface area contributed by atoms with E-state index >= 15 is 0 Å². The molecule has 6 heteroatoms. The summed E-state index contributed by atoms with van der Waals surface area (Å²) < 4.78 is 5.01. The molecule has 0 aliphatic rings. The van der Waals surface area contributed by atoms with Crippen molar-refractivity contribution in [2.75, 3.05) is 7.11 Å². The molecule has 0 spiro atoms. The summed E-state index contributed by atoms with van der Waals surface area (Å²) in [5, 5.41) is 14.0. The summed E-state index contributed by atoms with van der Waals surface area (Å²) in [5.41, 5.74) is 0.797. The molecule has 13 heavy (non-hydrogen) atoms. The van der Waals surface area contributed by atoms with Gasteiger partial charge in [0.25, 0.3) is 0 Å². The summed E-state index contributed by atoms with van der Waals surface area (Å²) in [6, 6.07) is 7.28. The van der Waals surface area contributed by atoms with E-state index in [0.29, 0.717) is 0 Å². The molecular formula is C7H7N5O. The Hall–Kier alpha value is -1.98. The number of rotatable bonds is 2. The van der Waals surface area contributed by atoms with Crippen molar-refractivity contribution >= 4 is 0 Å². The van der Waals surface area contributed by atoms with Crippen molar-refractivity contribution in [1.82, 2.24) is 25.7 Å². The van der Waals surface area contributed by atoms with Crippen LogP contribution in [0.3, 0.4) is 0 Å². The molecule has 0 fully saturated rings. The van der Waals surface area contributed by atoms with Crippen LogP contribution in [-0.4, -0.2) is 32.8 Å². The zero-order valence-electron chi connectivity index (χ0n) is 6.95. The Balaban J connectivity index is 2.33. The summed E-state index contributed by atoms with van der Waals surface area (Å²) in [6.07, 6.45) is 0. The van der Waals surface area contributed by atoms with Crippen LogP contribution in [0.4, 0.5) is 0 Å². The molecule has 0 atom stereocenters. The fourth-order valence-electron chi connectivity index (χ4n) is 0.948. The van der Waals surface area contributed by atoms with Gasteiger partial charge in [0.2, 0.25) is 0 Å². The molecule has 0 aliphatic heterocycles. The Morgan fingerprint density at radius 1 is 1.08 bits per heavy atom. The third kappa shape index (κ3) is 1.46. The molecule has 0 amide bonds. The Morgan fingerprint density at radius 3 is 2.23 bits per heavy atom. The molecule has 0 saturated heterocycles. The van der Waals surface area contributed by atoms with Crippen LogP contribution < -0.4 is 4.74 Å². The van der Waals surface area contributed by atoms with Crippen molar-refractivity contribution in [3.8, 4) is 11.4 Å². The van der Waals surface area contributed by atoms with Gasteiger partial charge in [-0.25, -0.2) is 0 Å². The van der Waals surface area contributed by atoms with Gasteiger partial charge in [-0.3, -0.25) is 0 Å². The predicted octanol–water partition coefficient (Wildman–Crippen LogP) is 0.0659. The van der Waals surface area contributed by atoms with Crippen molar-refractivity contribution in [3.63, 3.8) is 0 Å². The summed E-state index contributed by atoms with van der Waals surface area (Å²) in [7, 11) is 1.62. The number of benzene rings is 1. The summed E-state index contributed by atoms with van der Waals surface area (Å²) in [6.45, 7) is 0. The zero-order valence-corrected chi connectivity index (χ0v) is 6.95. The maximum Gasteiger partial charge on any atom is 0.119 e. The van der Waals surface area contributed by atoms with Gasteiger partial charge in [0.1, 0.15) is 5.75 Å². The van der Waals surface area contributed by atoms with Crippen LogP contribution in [0.15, 0.2) is 24.3 Å². The highest BCUT2D eigenvalue weighted by molar-refractivity contribution is 5.35. The lowest BCUT2D eigenvalue weighted by Gasteiger charge is -1.99. The van der Waals surface area contributed by atoms with Crippen molar-refractivity contribution in [1.29, 1.82) is 0 Å². The first kappa shape index (κ1) is 7.66. The second-order valence-electron chi connectivity index (χ2n) is 2.35. The quantitative estimate of drug-likeness (QED) is 0.652. The number of hydrogen-bond acceptors (Lipinski definition) is 5. The zero-order chi connectivity index (χ0) is 9.10. The molecule has 1 aromatic carbocycles. The molecule has 1 aromatic heterocycles. The van der Waals surface area contributed by atoms with E-state index in [1.165, 1.54) is 4.80 Å². The minimum atomic E-state index is 0.789. The lowest BCUT2D eigenvalue weighted by Crippen LogP contribution is -1.98. The predicted molar refractivity (Wildman–Crippen MR) is 43.5 cm³/mol. The van der Waals surface area contributed by atoms with E-state index in [1.54, 1.807) is 7.11 Å². The van der Waals surface area contributed by atoms with Gasteiger partial charge < -0.3 is 4.74 Å². The highest BCUT2D eigenvalue weighted by Gasteiger charge is 1.98. The maximum atomic E-state index is 5.01. The number of ether oxygens (including phenoxy) is 1. The number of aromatic nitrogens is 5. The van der Waals surface area contributed by atoms with Crippen LogP contribution in [0.2, 0.25) is 0 Å². The third-order valence-electron chi connectivity index (χ3n) is 1.59. The number of methoxy groups -OCH3 is 1. The molecule has 1 heterocycles. The molecule has 0 unspecified atom stereocenters. The second kappa shape index (κ2) is 3.18. The first-order valence-electron chi connectivity index (χ1n) is 3.66. The SMILES string of the molecule is COc1ccc(-n2[15n]nn[15n]2)cc1. The average molecular weight is 179 g/mol. The topological polar surface area (TPSA) is 65.7 Å². The Morgan fingerprint density at radius 2 is 1.69 bits per heavy atom. The molecule has 0 aliphatic carbocycles. The fraction of sp³-hybridized carbons (Fsp3) is 0.143. The van der Waals surface area contributed by atoms with E-state index in [-0.39, 0.29) is 0 Å². The van der Waals surface area contributed by atoms with Crippen LogP contribution in [0.1, 0.15) is 0 Å².